The first-order valence-electron chi connectivity index (χ1n) is 5.57. The SMILES string of the molecule is COc1ccc(CN(C)CC(C)C)c(O)c1. The van der Waals surface area contributed by atoms with Crippen molar-refractivity contribution in [1.29, 1.82) is 0 Å². The first-order chi connectivity index (χ1) is 7.52. The number of nitrogens with zero attached hydrogens (tertiary/aromatic N) is 1. The van der Waals surface area contributed by atoms with Crippen molar-refractivity contribution in [2.24, 2.45) is 5.92 Å². The smallest absolute Gasteiger partial charge is 0.123 e. The van der Waals surface area contributed by atoms with Gasteiger partial charge in [-0.1, -0.05) is 19.9 Å². The van der Waals surface area contributed by atoms with Crippen molar-refractivity contribution in [2.45, 2.75) is 20.4 Å². The number of rotatable bonds is 5. The van der Waals surface area contributed by atoms with Crippen LogP contribution in [-0.2, 0) is 6.54 Å². The van der Waals surface area contributed by atoms with E-state index in [0.717, 1.165) is 18.7 Å². The minimum Gasteiger partial charge on any atom is -0.507 e. The molecule has 0 heterocycles. The van der Waals surface area contributed by atoms with Crippen LogP contribution in [0.15, 0.2) is 18.2 Å². The second kappa shape index (κ2) is 5.75. The highest BCUT2D eigenvalue weighted by atomic mass is 16.5. The summed E-state index contributed by atoms with van der Waals surface area (Å²) in [5.74, 6) is 1.62. The summed E-state index contributed by atoms with van der Waals surface area (Å²) >= 11 is 0. The number of ether oxygens (including phenoxy) is 1. The molecule has 1 aromatic rings. The quantitative estimate of drug-likeness (QED) is 0.832. The fraction of sp³-hybridized carbons (Fsp3) is 0.538. The van der Waals surface area contributed by atoms with E-state index in [0.29, 0.717) is 17.4 Å². The summed E-state index contributed by atoms with van der Waals surface area (Å²) in [5.41, 5.74) is 0.934. The Morgan fingerprint density at radius 2 is 2.06 bits per heavy atom. The van der Waals surface area contributed by atoms with Crippen LogP contribution >= 0.6 is 0 Å². The van der Waals surface area contributed by atoms with Crippen LogP contribution in [0.3, 0.4) is 0 Å². The number of benzene rings is 1. The standard InChI is InChI=1S/C13H21NO2/c1-10(2)8-14(3)9-11-5-6-12(16-4)7-13(11)15/h5-7,10,15H,8-9H2,1-4H3. The fourth-order valence-electron chi connectivity index (χ4n) is 1.78. The van der Waals surface area contributed by atoms with Crippen molar-refractivity contribution in [3.63, 3.8) is 0 Å². The molecule has 0 aliphatic carbocycles. The lowest BCUT2D eigenvalue weighted by atomic mass is 10.1. The van der Waals surface area contributed by atoms with Gasteiger partial charge in [0.1, 0.15) is 11.5 Å². The maximum absolute atomic E-state index is 9.80. The summed E-state index contributed by atoms with van der Waals surface area (Å²) in [6.45, 7) is 6.15. The topological polar surface area (TPSA) is 32.7 Å². The third-order valence-electron chi connectivity index (χ3n) is 2.41. The zero-order valence-corrected chi connectivity index (χ0v) is 10.5. The van der Waals surface area contributed by atoms with E-state index in [4.69, 9.17) is 4.74 Å². The summed E-state index contributed by atoms with van der Waals surface area (Å²) in [6, 6.07) is 5.43. The number of hydrogen-bond acceptors (Lipinski definition) is 3. The molecule has 0 aliphatic rings. The molecule has 0 spiro atoms. The van der Waals surface area contributed by atoms with Crippen molar-refractivity contribution in [2.75, 3.05) is 20.7 Å². The average molecular weight is 223 g/mol. The van der Waals surface area contributed by atoms with Crippen LogP contribution in [0.25, 0.3) is 0 Å². The average Bonchev–Trinajstić information content (AvgIpc) is 2.19. The molecule has 16 heavy (non-hydrogen) atoms. The van der Waals surface area contributed by atoms with Gasteiger partial charge in [-0.15, -0.1) is 0 Å². The van der Waals surface area contributed by atoms with Crippen LogP contribution in [0.1, 0.15) is 19.4 Å². The summed E-state index contributed by atoms with van der Waals surface area (Å²) in [5, 5.41) is 9.80. The van der Waals surface area contributed by atoms with Gasteiger partial charge in [-0.25, -0.2) is 0 Å². The molecule has 0 fully saturated rings. The minimum absolute atomic E-state index is 0.301. The van der Waals surface area contributed by atoms with Crippen LogP contribution in [0.4, 0.5) is 0 Å². The van der Waals surface area contributed by atoms with E-state index in [1.165, 1.54) is 0 Å². The normalized spacial score (nSPS) is 11.1. The molecule has 0 unspecified atom stereocenters. The van der Waals surface area contributed by atoms with Crippen molar-refractivity contribution >= 4 is 0 Å². The molecular weight excluding hydrogens is 202 g/mol. The lowest BCUT2D eigenvalue weighted by Gasteiger charge is -2.19. The Kier molecular flexibility index (Phi) is 4.62. The van der Waals surface area contributed by atoms with E-state index in [2.05, 4.69) is 25.8 Å². The summed E-state index contributed by atoms with van der Waals surface area (Å²) < 4.78 is 5.05. The van der Waals surface area contributed by atoms with E-state index in [1.807, 2.05) is 12.1 Å². The van der Waals surface area contributed by atoms with Gasteiger partial charge in [0.2, 0.25) is 0 Å². The van der Waals surface area contributed by atoms with Gasteiger partial charge in [0, 0.05) is 24.7 Å². The van der Waals surface area contributed by atoms with Gasteiger partial charge >= 0.3 is 0 Å². The molecule has 3 nitrogen and oxygen atoms in total. The molecule has 1 N–H and O–H groups in total. The Balaban J connectivity index is 2.66. The molecule has 0 radical (unpaired) electrons. The molecule has 0 amide bonds. The molecule has 1 rings (SSSR count). The van der Waals surface area contributed by atoms with Gasteiger partial charge in [0.25, 0.3) is 0 Å². The zero-order valence-electron chi connectivity index (χ0n) is 10.5. The highest BCUT2D eigenvalue weighted by Crippen LogP contribution is 2.24. The highest BCUT2D eigenvalue weighted by Gasteiger charge is 2.07. The monoisotopic (exact) mass is 223 g/mol. The van der Waals surface area contributed by atoms with Crippen molar-refractivity contribution in [3.8, 4) is 11.5 Å². The number of phenolic OH excluding ortho intramolecular Hbond substituents is 1. The first kappa shape index (κ1) is 12.8. The molecule has 3 heteroatoms. The summed E-state index contributed by atoms with van der Waals surface area (Å²) in [7, 11) is 3.66. The Morgan fingerprint density at radius 1 is 1.38 bits per heavy atom. The Morgan fingerprint density at radius 3 is 2.56 bits per heavy atom. The molecule has 90 valence electrons. The summed E-state index contributed by atoms with van der Waals surface area (Å²) in [6.07, 6.45) is 0. The van der Waals surface area contributed by atoms with Gasteiger partial charge in [-0.3, -0.25) is 0 Å². The Hall–Kier alpha value is -1.22. The first-order valence-corrected chi connectivity index (χ1v) is 5.57. The molecule has 0 bridgehead atoms. The lowest BCUT2D eigenvalue weighted by Crippen LogP contribution is -2.22. The third-order valence-corrected chi connectivity index (χ3v) is 2.41. The molecule has 1 aromatic carbocycles. The van der Waals surface area contributed by atoms with Crippen molar-refractivity contribution in [1.82, 2.24) is 4.90 Å². The van der Waals surface area contributed by atoms with Crippen LogP contribution in [-0.4, -0.2) is 30.7 Å². The largest absolute Gasteiger partial charge is 0.507 e. The van der Waals surface area contributed by atoms with Crippen LogP contribution in [0.2, 0.25) is 0 Å². The second-order valence-electron chi connectivity index (χ2n) is 4.59. The van der Waals surface area contributed by atoms with Gasteiger partial charge < -0.3 is 14.7 Å². The second-order valence-corrected chi connectivity index (χ2v) is 4.59. The number of methoxy groups -OCH3 is 1. The van der Waals surface area contributed by atoms with E-state index in [1.54, 1.807) is 13.2 Å². The molecule has 0 aromatic heterocycles. The minimum atomic E-state index is 0.301. The predicted octanol–water partition coefficient (Wildman–Crippen LogP) is 2.49. The maximum atomic E-state index is 9.80. The van der Waals surface area contributed by atoms with Crippen LogP contribution < -0.4 is 4.74 Å². The summed E-state index contributed by atoms with van der Waals surface area (Å²) in [4.78, 5) is 2.20. The Bertz CT molecular complexity index is 337. The number of aromatic hydroxyl groups is 1. The van der Waals surface area contributed by atoms with E-state index < -0.39 is 0 Å². The number of hydrogen-bond donors (Lipinski definition) is 1. The van der Waals surface area contributed by atoms with Crippen LogP contribution in [0.5, 0.6) is 11.5 Å². The van der Waals surface area contributed by atoms with Crippen LogP contribution in [0, 0.1) is 5.92 Å². The zero-order chi connectivity index (χ0) is 12.1. The highest BCUT2D eigenvalue weighted by molar-refractivity contribution is 5.39. The van der Waals surface area contributed by atoms with Crippen molar-refractivity contribution < 1.29 is 9.84 Å². The van der Waals surface area contributed by atoms with Gasteiger partial charge in [0.15, 0.2) is 0 Å². The predicted molar refractivity (Wildman–Crippen MR) is 65.8 cm³/mol. The van der Waals surface area contributed by atoms with Crippen molar-refractivity contribution in [3.05, 3.63) is 23.8 Å². The molecular formula is C13H21NO2. The van der Waals surface area contributed by atoms with E-state index in [9.17, 15) is 5.11 Å². The Labute approximate surface area is 97.7 Å². The molecule has 0 saturated carbocycles. The molecule has 0 aliphatic heterocycles. The molecule has 0 saturated heterocycles. The van der Waals surface area contributed by atoms with Gasteiger partial charge in [0.05, 0.1) is 7.11 Å². The fourth-order valence-corrected chi connectivity index (χ4v) is 1.78. The third kappa shape index (κ3) is 3.74. The van der Waals surface area contributed by atoms with Gasteiger partial charge in [-0.05, 0) is 19.0 Å². The molecule has 0 atom stereocenters. The van der Waals surface area contributed by atoms with E-state index in [-0.39, 0.29) is 0 Å². The van der Waals surface area contributed by atoms with E-state index >= 15 is 0 Å². The number of phenols is 1. The van der Waals surface area contributed by atoms with Gasteiger partial charge in [-0.2, -0.15) is 0 Å². The lowest BCUT2D eigenvalue weighted by molar-refractivity contribution is 0.284. The maximum Gasteiger partial charge on any atom is 0.123 e.